The highest BCUT2D eigenvalue weighted by Gasteiger charge is 2.28. The number of carbonyl (C=O) groups is 1. The predicted molar refractivity (Wildman–Crippen MR) is 125 cm³/mol. The summed E-state index contributed by atoms with van der Waals surface area (Å²) in [5.74, 6) is 0.414. The van der Waals surface area contributed by atoms with Crippen LogP contribution in [0.4, 0.5) is 9.18 Å². The second-order valence-electron chi connectivity index (χ2n) is 7.82. The number of nitrogens with one attached hydrogen (secondary N) is 1. The fourth-order valence-corrected chi connectivity index (χ4v) is 3.73. The highest BCUT2D eigenvalue weighted by molar-refractivity contribution is 6.03. The standard InChI is InChI=1S/C26H26FN3O3/c1-32-25-10-6-5-9-23(25)24-15-22(33-29-24)18-30(17-20-11-13-21(27)14-12-20)26(31)28-16-19-7-3-2-4-8-19/h2-14,22H,15-18H2,1H3,(H,28,31)/t22-/m0/s1. The molecule has 1 heterocycles. The van der Waals surface area contributed by atoms with Gasteiger partial charge in [0, 0.05) is 25.1 Å². The van der Waals surface area contributed by atoms with Crippen molar-refractivity contribution in [2.45, 2.75) is 25.6 Å². The van der Waals surface area contributed by atoms with Crippen LogP contribution in [0.1, 0.15) is 23.1 Å². The predicted octanol–water partition coefficient (Wildman–Crippen LogP) is 4.74. The van der Waals surface area contributed by atoms with Crippen LogP contribution in [0.15, 0.2) is 84.0 Å². The quantitative estimate of drug-likeness (QED) is 0.543. The third kappa shape index (κ3) is 5.88. The Bertz CT molecular complexity index is 1100. The Labute approximate surface area is 192 Å². The maximum atomic E-state index is 13.3. The van der Waals surface area contributed by atoms with Crippen molar-refractivity contribution in [1.82, 2.24) is 10.2 Å². The van der Waals surface area contributed by atoms with Crippen LogP contribution in [0.2, 0.25) is 0 Å². The topological polar surface area (TPSA) is 63.2 Å². The molecule has 0 aromatic heterocycles. The highest BCUT2D eigenvalue weighted by atomic mass is 19.1. The van der Waals surface area contributed by atoms with E-state index in [1.807, 2.05) is 54.6 Å². The Morgan fingerprint density at radius 2 is 1.79 bits per heavy atom. The molecule has 0 bridgehead atoms. The zero-order valence-electron chi connectivity index (χ0n) is 18.4. The average Bonchev–Trinajstić information content (AvgIpc) is 3.32. The first-order chi connectivity index (χ1) is 16.1. The van der Waals surface area contributed by atoms with Gasteiger partial charge in [-0.25, -0.2) is 9.18 Å². The van der Waals surface area contributed by atoms with Crippen molar-refractivity contribution in [1.29, 1.82) is 0 Å². The molecule has 1 aliphatic rings. The number of carbonyl (C=O) groups excluding carboxylic acids is 1. The number of rotatable bonds is 8. The molecule has 1 atom stereocenters. The lowest BCUT2D eigenvalue weighted by molar-refractivity contribution is 0.0589. The first-order valence-corrected chi connectivity index (χ1v) is 10.8. The van der Waals surface area contributed by atoms with E-state index < -0.39 is 0 Å². The van der Waals surface area contributed by atoms with E-state index in [1.165, 1.54) is 12.1 Å². The summed E-state index contributed by atoms with van der Waals surface area (Å²) >= 11 is 0. The summed E-state index contributed by atoms with van der Waals surface area (Å²) in [6, 6.07) is 23.3. The molecule has 4 rings (SSSR count). The molecule has 1 N–H and O–H groups in total. The SMILES string of the molecule is COc1ccccc1C1=NO[C@H](CN(Cc2ccc(F)cc2)C(=O)NCc2ccccc2)C1. The Kier molecular flexibility index (Phi) is 7.19. The molecule has 7 heteroatoms. The Hall–Kier alpha value is -3.87. The van der Waals surface area contributed by atoms with E-state index in [-0.39, 0.29) is 18.0 Å². The van der Waals surface area contributed by atoms with E-state index in [0.717, 1.165) is 28.2 Å². The molecule has 2 amide bonds. The molecule has 170 valence electrons. The minimum Gasteiger partial charge on any atom is -0.496 e. The summed E-state index contributed by atoms with van der Waals surface area (Å²) in [4.78, 5) is 20.4. The number of oxime groups is 1. The third-order valence-corrected chi connectivity index (χ3v) is 5.44. The number of ether oxygens (including phenoxy) is 1. The number of urea groups is 1. The number of amides is 2. The van der Waals surface area contributed by atoms with Crippen LogP contribution in [0.3, 0.4) is 0 Å². The fourth-order valence-electron chi connectivity index (χ4n) is 3.73. The van der Waals surface area contributed by atoms with Gasteiger partial charge in [-0.15, -0.1) is 0 Å². The number of nitrogens with zero attached hydrogens (tertiary/aromatic N) is 2. The van der Waals surface area contributed by atoms with Gasteiger partial charge in [-0.1, -0.05) is 59.8 Å². The maximum absolute atomic E-state index is 13.3. The molecule has 1 aliphatic heterocycles. The van der Waals surface area contributed by atoms with Crippen molar-refractivity contribution < 1.29 is 18.8 Å². The molecule has 0 saturated carbocycles. The van der Waals surface area contributed by atoms with Crippen LogP contribution >= 0.6 is 0 Å². The Morgan fingerprint density at radius 1 is 1.06 bits per heavy atom. The van der Waals surface area contributed by atoms with Crippen LogP contribution in [0.5, 0.6) is 5.75 Å². The zero-order valence-corrected chi connectivity index (χ0v) is 18.4. The zero-order chi connectivity index (χ0) is 23.0. The summed E-state index contributed by atoms with van der Waals surface area (Å²) in [7, 11) is 1.62. The Balaban J connectivity index is 1.44. The van der Waals surface area contributed by atoms with Crippen molar-refractivity contribution in [3.63, 3.8) is 0 Å². The second kappa shape index (κ2) is 10.6. The molecule has 6 nitrogen and oxygen atoms in total. The summed E-state index contributed by atoms with van der Waals surface area (Å²) < 4.78 is 18.8. The molecule has 33 heavy (non-hydrogen) atoms. The van der Waals surface area contributed by atoms with E-state index in [9.17, 15) is 9.18 Å². The second-order valence-corrected chi connectivity index (χ2v) is 7.82. The van der Waals surface area contributed by atoms with E-state index in [1.54, 1.807) is 24.1 Å². The van der Waals surface area contributed by atoms with Gasteiger partial charge in [0.05, 0.1) is 19.4 Å². The summed E-state index contributed by atoms with van der Waals surface area (Å²) in [5, 5.41) is 7.22. The summed E-state index contributed by atoms with van der Waals surface area (Å²) in [5.41, 5.74) is 3.49. The van der Waals surface area contributed by atoms with Crippen molar-refractivity contribution >= 4 is 11.7 Å². The number of halogens is 1. The smallest absolute Gasteiger partial charge is 0.318 e. The molecule has 0 saturated heterocycles. The molecule has 0 fully saturated rings. The lowest BCUT2D eigenvalue weighted by Crippen LogP contribution is -2.43. The fraction of sp³-hybridized carbons (Fsp3) is 0.231. The molecule has 0 radical (unpaired) electrons. The van der Waals surface area contributed by atoms with Gasteiger partial charge in [-0.05, 0) is 35.4 Å². The van der Waals surface area contributed by atoms with Crippen LogP contribution in [0, 0.1) is 5.82 Å². The first kappa shape index (κ1) is 22.3. The number of benzene rings is 3. The van der Waals surface area contributed by atoms with Crippen LogP contribution < -0.4 is 10.1 Å². The van der Waals surface area contributed by atoms with Crippen molar-refractivity contribution in [2.75, 3.05) is 13.7 Å². The Morgan fingerprint density at radius 3 is 2.55 bits per heavy atom. The number of hydrogen-bond donors (Lipinski definition) is 1. The molecule has 3 aromatic rings. The largest absolute Gasteiger partial charge is 0.496 e. The van der Waals surface area contributed by atoms with E-state index in [4.69, 9.17) is 9.57 Å². The van der Waals surface area contributed by atoms with Crippen molar-refractivity contribution in [3.8, 4) is 5.75 Å². The lowest BCUT2D eigenvalue weighted by Gasteiger charge is -2.25. The summed E-state index contributed by atoms with van der Waals surface area (Å²) in [6.45, 7) is 1.07. The molecule has 0 spiro atoms. The van der Waals surface area contributed by atoms with Gasteiger partial charge in [0.1, 0.15) is 11.6 Å². The molecule has 0 aliphatic carbocycles. The highest BCUT2D eigenvalue weighted by Crippen LogP contribution is 2.25. The van der Waals surface area contributed by atoms with Gasteiger partial charge in [0.15, 0.2) is 6.10 Å². The van der Waals surface area contributed by atoms with E-state index >= 15 is 0 Å². The van der Waals surface area contributed by atoms with Crippen LogP contribution in [-0.4, -0.2) is 36.4 Å². The van der Waals surface area contributed by atoms with Gasteiger partial charge in [0.2, 0.25) is 0 Å². The minimum atomic E-state index is -0.312. The third-order valence-electron chi connectivity index (χ3n) is 5.44. The van der Waals surface area contributed by atoms with E-state index in [0.29, 0.717) is 26.1 Å². The van der Waals surface area contributed by atoms with Crippen molar-refractivity contribution in [3.05, 3.63) is 101 Å². The van der Waals surface area contributed by atoms with Gasteiger partial charge in [-0.2, -0.15) is 0 Å². The number of para-hydroxylation sites is 1. The summed E-state index contributed by atoms with van der Waals surface area (Å²) in [6.07, 6.45) is 0.250. The van der Waals surface area contributed by atoms with Gasteiger partial charge < -0.3 is 19.8 Å². The number of hydrogen-bond acceptors (Lipinski definition) is 4. The normalized spacial score (nSPS) is 14.8. The molecular weight excluding hydrogens is 421 g/mol. The van der Waals surface area contributed by atoms with Gasteiger partial charge >= 0.3 is 6.03 Å². The van der Waals surface area contributed by atoms with Gasteiger partial charge in [-0.3, -0.25) is 0 Å². The maximum Gasteiger partial charge on any atom is 0.318 e. The number of methoxy groups -OCH3 is 1. The van der Waals surface area contributed by atoms with Crippen LogP contribution in [-0.2, 0) is 17.9 Å². The minimum absolute atomic E-state index is 0.225. The van der Waals surface area contributed by atoms with Crippen molar-refractivity contribution in [2.24, 2.45) is 5.16 Å². The molecular formula is C26H26FN3O3. The van der Waals surface area contributed by atoms with E-state index in [2.05, 4.69) is 10.5 Å². The van der Waals surface area contributed by atoms with Crippen LogP contribution in [0.25, 0.3) is 0 Å². The lowest BCUT2D eigenvalue weighted by atomic mass is 10.0. The van der Waals surface area contributed by atoms with Gasteiger partial charge in [0.25, 0.3) is 0 Å². The monoisotopic (exact) mass is 447 g/mol. The first-order valence-electron chi connectivity index (χ1n) is 10.8. The average molecular weight is 448 g/mol. The molecule has 3 aromatic carbocycles. The molecule has 0 unspecified atom stereocenters.